The molecular weight excluding hydrogens is 502 g/mol. The summed E-state index contributed by atoms with van der Waals surface area (Å²) in [6.45, 7) is 5.84. The number of carbonyl (C=O) groups excluding carboxylic acids is 1. The maximum atomic E-state index is 13.6. The summed E-state index contributed by atoms with van der Waals surface area (Å²) < 4.78 is 33.9. The summed E-state index contributed by atoms with van der Waals surface area (Å²) in [6.07, 6.45) is 3.53. The molecule has 1 aliphatic rings. The number of fused-ring (bicyclic) bond motifs is 3. The normalized spacial score (nSPS) is 15.3. The van der Waals surface area contributed by atoms with E-state index < -0.39 is 10.0 Å². The van der Waals surface area contributed by atoms with E-state index in [9.17, 15) is 13.2 Å². The van der Waals surface area contributed by atoms with Crippen LogP contribution in [0.25, 0.3) is 33.1 Å². The number of aryl methyl sites for hydroxylation is 1. The van der Waals surface area contributed by atoms with E-state index in [0.717, 1.165) is 47.8 Å². The molecule has 0 spiro atoms. The topological polar surface area (TPSA) is 116 Å². The zero-order valence-corrected chi connectivity index (χ0v) is 22.9. The van der Waals surface area contributed by atoms with Crippen molar-refractivity contribution in [2.24, 2.45) is 0 Å². The molecule has 3 heterocycles. The lowest BCUT2D eigenvalue weighted by Gasteiger charge is -2.29. The molecule has 1 fully saturated rings. The van der Waals surface area contributed by atoms with Crippen LogP contribution in [0.2, 0.25) is 0 Å². The van der Waals surface area contributed by atoms with Crippen LogP contribution in [-0.2, 0) is 10.0 Å². The third-order valence-electron chi connectivity index (χ3n) is 7.11. The average Bonchev–Trinajstić information content (AvgIpc) is 3.27. The highest BCUT2D eigenvalue weighted by molar-refractivity contribution is 7.89. The monoisotopic (exact) mass is 535 g/mol. The predicted molar refractivity (Wildman–Crippen MR) is 149 cm³/mol. The maximum Gasteiger partial charge on any atom is 0.255 e. The summed E-state index contributed by atoms with van der Waals surface area (Å²) in [5.41, 5.74) is 4.07. The number of piperidine rings is 1. The van der Waals surface area contributed by atoms with Crippen molar-refractivity contribution in [3.8, 4) is 16.9 Å². The summed E-state index contributed by atoms with van der Waals surface area (Å²) in [5.74, 6) is 0.208. The Hall–Kier alpha value is -3.47. The molecule has 2 aromatic carbocycles. The minimum atomic E-state index is -3.67. The van der Waals surface area contributed by atoms with Gasteiger partial charge in [0.1, 0.15) is 5.65 Å². The third kappa shape index (κ3) is 4.87. The summed E-state index contributed by atoms with van der Waals surface area (Å²) in [7, 11) is -0.0402. The van der Waals surface area contributed by atoms with E-state index in [-0.39, 0.29) is 23.4 Å². The quantitative estimate of drug-likeness (QED) is 0.331. The van der Waals surface area contributed by atoms with E-state index in [0.29, 0.717) is 28.0 Å². The first-order chi connectivity index (χ1) is 18.2. The van der Waals surface area contributed by atoms with E-state index in [1.807, 2.05) is 19.1 Å². The Kier molecular flexibility index (Phi) is 7.13. The Morgan fingerprint density at radius 2 is 1.97 bits per heavy atom. The Morgan fingerprint density at radius 3 is 2.68 bits per heavy atom. The van der Waals surface area contributed by atoms with E-state index in [4.69, 9.17) is 4.74 Å². The molecule has 0 radical (unpaired) electrons. The molecule has 4 aromatic rings. The van der Waals surface area contributed by atoms with E-state index in [2.05, 4.69) is 32.0 Å². The SMILES string of the molecule is CCNS(=O)(=O)c1cccc(-c2cc(C(=O)NC3CCN(C)CC3)c(OC)c3[nH]c4ncc(C)cc4c23)c1. The van der Waals surface area contributed by atoms with Crippen molar-refractivity contribution in [2.45, 2.75) is 37.6 Å². The zero-order chi connectivity index (χ0) is 27.0. The molecule has 0 unspecified atom stereocenters. The summed E-state index contributed by atoms with van der Waals surface area (Å²) in [4.78, 5) is 24.0. The number of H-pyrrole nitrogens is 1. The number of hydrogen-bond acceptors (Lipinski definition) is 6. The molecule has 0 bridgehead atoms. The van der Waals surface area contributed by atoms with Gasteiger partial charge in [0.05, 0.1) is 23.1 Å². The molecule has 0 aliphatic carbocycles. The predicted octanol–water partition coefficient (Wildman–Crippen LogP) is 3.82. The van der Waals surface area contributed by atoms with Gasteiger partial charge in [-0.1, -0.05) is 19.1 Å². The number of aromatic amines is 1. The highest BCUT2D eigenvalue weighted by atomic mass is 32.2. The van der Waals surface area contributed by atoms with Crippen molar-refractivity contribution >= 4 is 37.9 Å². The van der Waals surface area contributed by atoms with Gasteiger partial charge in [0.25, 0.3) is 5.91 Å². The number of likely N-dealkylation sites (tertiary alicyclic amines) is 1. The Balaban J connectivity index is 1.72. The number of carbonyl (C=O) groups is 1. The molecule has 0 atom stereocenters. The molecule has 9 nitrogen and oxygen atoms in total. The first-order valence-corrected chi connectivity index (χ1v) is 14.3. The number of nitrogens with zero attached hydrogens (tertiary/aromatic N) is 2. The highest BCUT2D eigenvalue weighted by Crippen LogP contribution is 2.41. The van der Waals surface area contributed by atoms with Crippen LogP contribution in [0.1, 0.15) is 35.7 Å². The Labute approximate surface area is 222 Å². The minimum Gasteiger partial charge on any atom is -0.494 e. The Bertz CT molecular complexity index is 1620. The van der Waals surface area contributed by atoms with E-state index in [1.54, 1.807) is 44.5 Å². The molecule has 5 rings (SSSR count). The summed E-state index contributed by atoms with van der Waals surface area (Å²) >= 11 is 0. The van der Waals surface area contributed by atoms with Gasteiger partial charge in [0.15, 0.2) is 5.75 Å². The average molecular weight is 536 g/mol. The standard InChI is InChI=1S/C28H33N5O4S/c1-5-30-38(35,36)20-8-6-7-18(14-20)21-15-23(28(34)31-19-9-11-33(3)12-10-19)26(37-4)25-24(21)22-13-17(2)16-29-27(22)32-25/h6-8,13-16,19,30H,5,9-12H2,1-4H3,(H,29,32)(H,31,34). The number of amides is 1. The number of methoxy groups -OCH3 is 1. The molecule has 200 valence electrons. The maximum absolute atomic E-state index is 13.6. The van der Waals surface area contributed by atoms with Crippen molar-refractivity contribution in [3.63, 3.8) is 0 Å². The number of hydrogen-bond donors (Lipinski definition) is 3. The molecule has 0 saturated carbocycles. The van der Waals surface area contributed by atoms with Gasteiger partial charge in [0, 0.05) is 29.6 Å². The van der Waals surface area contributed by atoms with Gasteiger partial charge in [-0.25, -0.2) is 18.1 Å². The van der Waals surface area contributed by atoms with Gasteiger partial charge in [-0.2, -0.15) is 0 Å². The van der Waals surface area contributed by atoms with Crippen molar-refractivity contribution < 1.29 is 17.9 Å². The largest absolute Gasteiger partial charge is 0.494 e. The molecule has 3 N–H and O–H groups in total. The van der Waals surface area contributed by atoms with Gasteiger partial charge in [-0.15, -0.1) is 0 Å². The second-order valence-electron chi connectivity index (χ2n) is 9.87. The van der Waals surface area contributed by atoms with Crippen LogP contribution in [0.5, 0.6) is 5.75 Å². The van der Waals surface area contributed by atoms with Crippen molar-refractivity contribution in [1.29, 1.82) is 0 Å². The zero-order valence-electron chi connectivity index (χ0n) is 22.1. The molecular formula is C28H33N5O4S. The van der Waals surface area contributed by atoms with Gasteiger partial charge < -0.3 is 19.9 Å². The van der Waals surface area contributed by atoms with Crippen LogP contribution in [0.4, 0.5) is 0 Å². The fraction of sp³-hybridized carbons (Fsp3) is 0.357. The number of rotatable bonds is 7. The highest BCUT2D eigenvalue weighted by Gasteiger charge is 2.26. The molecule has 2 aromatic heterocycles. The third-order valence-corrected chi connectivity index (χ3v) is 8.65. The number of nitrogens with one attached hydrogen (secondary N) is 3. The lowest BCUT2D eigenvalue weighted by molar-refractivity contribution is 0.0914. The van der Waals surface area contributed by atoms with Crippen LogP contribution >= 0.6 is 0 Å². The summed E-state index contributed by atoms with van der Waals surface area (Å²) in [6, 6.07) is 10.7. The van der Waals surface area contributed by atoms with Gasteiger partial charge in [-0.3, -0.25) is 4.79 Å². The molecule has 38 heavy (non-hydrogen) atoms. The number of sulfonamides is 1. The lowest BCUT2D eigenvalue weighted by Crippen LogP contribution is -2.43. The van der Waals surface area contributed by atoms with Gasteiger partial charge in [0.2, 0.25) is 10.0 Å². The molecule has 10 heteroatoms. The fourth-order valence-corrected chi connectivity index (χ4v) is 6.26. The lowest BCUT2D eigenvalue weighted by atomic mass is 9.95. The van der Waals surface area contributed by atoms with Crippen LogP contribution in [0, 0.1) is 6.92 Å². The van der Waals surface area contributed by atoms with Crippen LogP contribution < -0.4 is 14.8 Å². The Morgan fingerprint density at radius 1 is 1.21 bits per heavy atom. The van der Waals surface area contributed by atoms with Crippen LogP contribution in [-0.4, -0.2) is 69.0 Å². The second-order valence-corrected chi connectivity index (χ2v) is 11.6. The van der Waals surface area contributed by atoms with Crippen LogP contribution in [0.15, 0.2) is 47.5 Å². The van der Waals surface area contributed by atoms with E-state index >= 15 is 0 Å². The van der Waals surface area contributed by atoms with Crippen molar-refractivity contribution in [3.05, 3.63) is 53.7 Å². The van der Waals surface area contributed by atoms with E-state index in [1.165, 1.54) is 0 Å². The molecule has 1 aliphatic heterocycles. The minimum absolute atomic E-state index is 0.0724. The smallest absolute Gasteiger partial charge is 0.255 e. The molecule has 1 amide bonds. The van der Waals surface area contributed by atoms with Crippen molar-refractivity contribution in [2.75, 3.05) is 33.8 Å². The fourth-order valence-electron chi connectivity index (χ4n) is 5.17. The first-order valence-electron chi connectivity index (χ1n) is 12.8. The second kappa shape index (κ2) is 10.4. The first kappa shape index (κ1) is 26.1. The van der Waals surface area contributed by atoms with Crippen LogP contribution in [0.3, 0.4) is 0 Å². The number of aromatic nitrogens is 2. The van der Waals surface area contributed by atoms with Gasteiger partial charge >= 0.3 is 0 Å². The van der Waals surface area contributed by atoms with Crippen molar-refractivity contribution in [1.82, 2.24) is 24.9 Å². The number of ether oxygens (including phenoxy) is 1. The number of pyridine rings is 1. The summed E-state index contributed by atoms with van der Waals surface area (Å²) in [5, 5.41) is 4.88. The molecule has 1 saturated heterocycles. The van der Waals surface area contributed by atoms with Gasteiger partial charge in [-0.05, 0) is 80.9 Å². The number of benzene rings is 2.